The summed E-state index contributed by atoms with van der Waals surface area (Å²) in [7, 11) is 0. The number of nitrogens with zero attached hydrogens (tertiary/aromatic N) is 4. The van der Waals surface area contributed by atoms with E-state index in [4.69, 9.17) is 10.7 Å². The number of benzene rings is 2. The molecule has 0 radical (unpaired) electrons. The normalized spacial score (nSPS) is 14.2. The van der Waals surface area contributed by atoms with Gasteiger partial charge in [0.05, 0.1) is 11.7 Å². The van der Waals surface area contributed by atoms with Crippen LogP contribution in [0.25, 0.3) is 11.3 Å². The Labute approximate surface area is 355 Å². The summed E-state index contributed by atoms with van der Waals surface area (Å²) in [5.41, 5.74) is 6.27. The van der Waals surface area contributed by atoms with Crippen molar-refractivity contribution in [2.24, 2.45) is 17.1 Å². The third kappa shape index (κ3) is 13.1. The molecule has 4 rings (SSSR count). The van der Waals surface area contributed by atoms with Crippen LogP contribution in [0.1, 0.15) is 91.1 Å². The number of rotatable bonds is 21. The lowest BCUT2D eigenvalue weighted by molar-refractivity contribution is -0.140. The van der Waals surface area contributed by atoms with Crippen molar-refractivity contribution in [3.8, 4) is 11.3 Å². The van der Waals surface area contributed by atoms with Crippen molar-refractivity contribution in [2.75, 3.05) is 31.6 Å². The summed E-state index contributed by atoms with van der Waals surface area (Å²) in [6.07, 6.45) is 6.22. The first kappa shape index (κ1) is 47.9. The number of carbonyl (C=O) groups excluding carboxylic acids is 6. The topological polar surface area (TPSA) is 209 Å². The second-order valence-corrected chi connectivity index (χ2v) is 16.6. The molecule has 0 saturated carbocycles. The van der Waals surface area contributed by atoms with Crippen molar-refractivity contribution in [2.45, 2.75) is 98.3 Å². The minimum absolute atomic E-state index is 0.0771. The Bertz CT molecular complexity index is 2080. The Morgan fingerprint density at radius 2 is 1.62 bits per heavy atom. The maximum Gasteiger partial charge on any atom is 0.253 e. The number of imide groups is 1. The molecule has 0 bridgehead atoms. The van der Waals surface area contributed by atoms with E-state index < -0.39 is 59.5 Å². The minimum atomic E-state index is -1.00. The highest BCUT2D eigenvalue weighted by atomic mass is 19.1. The molecule has 15 nitrogen and oxygen atoms in total. The number of aromatic nitrogens is 2. The van der Waals surface area contributed by atoms with Crippen molar-refractivity contribution in [1.82, 2.24) is 30.0 Å². The lowest BCUT2D eigenvalue weighted by Gasteiger charge is -2.40. The third-order valence-corrected chi connectivity index (χ3v) is 10.2. The fourth-order valence-corrected chi connectivity index (χ4v) is 7.07. The first-order valence-corrected chi connectivity index (χ1v) is 20.5. The van der Waals surface area contributed by atoms with E-state index in [9.17, 15) is 38.3 Å². The van der Waals surface area contributed by atoms with E-state index in [1.165, 1.54) is 24.0 Å². The molecular formula is C44H58F2N8O7. The number of nitrogens with two attached hydrogens (primary N) is 1. The largest absolute Gasteiger partial charge is 0.387 e. The van der Waals surface area contributed by atoms with Gasteiger partial charge in [0.15, 0.2) is 0 Å². The van der Waals surface area contributed by atoms with Crippen LogP contribution >= 0.6 is 0 Å². The van der Waals surface area contributed by atoms with Crippen LogP contribution in [0, 0.1) is 23.0 Å². The minimum Gasteiger partial charge on any atom is -0.387 e. The Hall–Kier alpha value is -5.81. The Kier molecular flexibility index (Phi) is 17.0. The molecule has 2 aromatic carbocycles. The van der Waals surface area contributed by atoms with Gasteiger partial charge in [-0.3, -0.25) is 33.7 Å². The summed E-state index contributed by atoms with van der Waals surface area (Å²) in [6.45, 7) is 10.9. The number of hydrogen-bond donors (Lipinski definition) is 5. The summed E-state index contributed by atoms with van der Waals surface area (Å²) in [4.78, 5) is 83.6. The number of aliphatic hydroxyl groups is 1. The van der Waals surface area contributed by atoms with Crippen LogP contribution in [-0.4, -0.2) is 98.2 Å². The number of amides is 6. The Balaban J connectivity index is 1.47. The lowest BCUT2D eigenvalue weighted by Crippen LogP contribution is -2.53. The summed E-state index contributed by atoms with van der Waals surface area (Å²) in [5, 5.41) is 18.2. The quantitative estimate of drug-likeness (QED) is 0.0768. The first-order chi connectivity index (χ1) is 28.8. The summed E-state index contributed by atoms with van der Waals surface area (Å²) >= 11 is 0. The molecule has 2 heterocycles. The van der Waals surface area contributed by atoms with Gasteiger partial charge in [-0.25, -0.2) is 13.8 Å². The van der Waals surface area contributed by atoms with Crippen LogP contribution in [0.3, 0.4) is 0 Å². The standard InChI is InChI=1S/C44H58F2N8O7/c1-27(2)39(51-35(56)14-8-7-9-20-53-36(57)17-18-37(53)58)43(61)48-28(3)42(60)49-31-13-10-12-29(22-31)24-52-25-34(32-23-30(45)15-16-33(32)46)50-41(52)40(44(4,5)6)54(21-11-19-47)38(59)26-55/h10,12-13,15-18,22-23,25,27-28,39-40,55H,7-9,11,14,19-21,24,26,47H2,1-6H3,(H,48,61)(H,49,60)(H,51,56)/t28-,39?,40-/m0/s1. The van der Waals surface area contributed by atoms with E-state index in [1.807, 2.05) is 20.8 Å². The number of halogens is 2. The number of anilines is 1. The average Bonchev–Trinajstić information content (AvgIpc) is 3.75. The maximum atomic E-state index is 15.1. The van der Waals surface area contributed by atoms with Crippen molar-refractivity contribution in [1.29, 1.82) is 0 Å². The van der Waals surface area contributed by atoms with Gasteiger partial charge in [-0.2, -0.15) is 0 Å². The number of aliphatic hydroxyl groups excluding tert-OH is 1. The monoisotopic (exact) mass is 848 g/mol. The molecule has 6 amide bonds. The van der Waals surface area contributed by atoms with Crippen molar-refractivity contribution in [3.05, 3.63) is 83.8 Å². The zero-order valence-corrected chi connectivity index (χ0v) is 35.7. The Morgan fingerprint density at radius 1 is 0.918 bits per heavy atom. The number of carbonyl (C=O) groups is 6. The zero-order valence-electron chi connectivity index (χ0n) is 35.7. The molecule has 0 fully saturated rings. The Morgan fingerprint density at radius 3 is 2.26 bits per heavy atom. The van der Waals surface area contributed by atoms with E-state index in [0.717, 1.165) is 23.1 Å². The van der Waals surface area contributed by atoms with Crippen LogP contribution in [0.2, 0.25) is 0 Å². The van der Waals surface area contributed by atoms with Crippen LogP contribution in [0.15, 0.2) is 60.8 Å². The van der Waals surface area contributed by atoms with Gasteiger partial charge >= 0.3 is 0 Å². The number of imidazole rings is 1. The molecule has 61 heavy (non-hydrogen) atoms. The number of hydrogen-bond acceptors (Lipinski definition) is 9. The second kappa shape index (κ2) is 21.6. The average molecular weight is 849 g/mol. The molecule has 1 aromatic heterocycles. The third-order valence-electron chi connectivity index (χ3n) is 10.2. The van der Waals surface area contributed by atoms with Crippen molar-refractivity contribution in [3.63, 3.8) is 0 Å². The summed E-state index contributed by atoms with van der Waals surface area (Å²) < 4.78 is 31.2. The van der Waals surface area contributed by atoms with Gasteiger partial charge in [0, 0.05) is 55.7 Å². The van der Waals surface area contributed by atoms with Crippen LogP contribution in [-0.2, 0) is 35.3 Å². The molecule has 3 atom stereocenters. The summed E-state index contributed by atoms with van der Waals surface area (Å²) in [5.74, 6) is -3.95. The predicted molar refractivity (Wildman–Crippen MR) is 225 cm³/mol. The zero-order chi connectivity index (χ0) is 45.0. The van der Waals surface area contributed by atoms with Crippen molar-refractivity contribution >= 4 is 41.1 Å². The van der Waals surface area contributed by atoms with E-state index in [0.29, 0.717) is 42.8 Å². The van der Waals surface area contributed by atoms with Gasteiger partial charge in [-0.15, -0.1) is 0 Å². The van der Waals surface area contributed by atoms with Crippen LogP contribution in [0.5, 0.6) is 0 Å². The van der Waals surface area contributed by atoms with Gasteiger partial charge in [0.2, 0.25) is 23.6 Å². The molecule has 6 N–H and O–H groups in total. The number of nitrogens with one attached hydrogen (secondary N) is 3. The number of unbranched alkanes of at least 4 members (excludes halogenated alkanes) is 2. The molecular weight excluding hydrogens is 791 g/mol. The highest BCUT2D eigenvalue weighted by molar-refractivity contribution is 6.12. The van der Waals surface area contributed by atoms with Gasteiger partial charge in [-0.1, -0.05) is 53.2 Å². The molecule has 1 aliphatic rings. The fraction of sp³-hybridized carbons (Fsp3) is 0.477. The fourth-order valence-electron chi connectivity index (χ4n) is 7.07. The van der Waals surface area contributed by atoms with Gasteiger partial charge in [0.1, 0.15) is 36.1 Å². The molecule has 17 heteroatoms. The molecule has 0 spiro atoms. The second-order valence-electron chi connectivity index (χ2n) is 16.6. The van der Waals surface area contributed by atoms with Gasteiger partial charge < -0.3 is 36.3 Å². The van der Waals surface area contributed by atoms with Crippen LogP contribution in [0.4, 0.5) is 14.5 Å². The van der Waals surface area contributed by atoms with E-state index in [1.54, 1.807) is 48.9 Å². The highest BCUT2D eigenvalue weighted by Gasteiger charge is 2.38. The van der Waals surface area contributed by atoms with E-state index >= 15 is 4.39 Å². The van der Waals surface area contributed by atoms with E-state index in [2.05, 4.69) is 16.0 Å². The lowest BCUT2D eigenvalue weighted by atomic mass is 9.84. The molecule has 0 aliphatic carbocycles. The predicted octanol–water partition coefficient (Wildman–Crippen LogP) is 4.20. The smallest absolute Gasteiger partial charge is 0.253 e. The van der Waals surface area contributed by atoms with Gasteiger partial charge in [-0.05, 0) is 80.0 Å². The molecule has 0 saturated heterocycles. The maximum absolute atomic E-state index is 15.1. The molecule has 1 aliphatic heterocycles. The molecule has 330 valence electrons. The van der Waals surface area contributed by atoms with Crippen LogP contribution < -0.4 is 21.7 Å². The van der Waals surface area contributed by atoms with Gasteiger partial charge in [0.25, 0.3) is 11.8 Å². The molecule has 3 aromatic rings. The van der Waals surface area contributed by atoms with Crippen molar-refractivity contribution < 1.29 is 42.7 Å². The van der Waals surface area contributed by atoms with E-state index in [-0.39, 0.29) is 67.5 Å². The first-order valence-electron chi connectivity index (χ1n) is 20.5. The molecule has 1 unspecified atom stereocenters. The summed E-state index contributed by atoms with van der Waals surface area (Å²) in [6, 6.07) is 7.31. The SMILES string of the molecule is CC(C)C(NC(=O)CCCCCN1C(=O)C=CC1=O)C(=O)N[C@@H](C)C(=O)Nc1cccc(Cn2cc(-c3cc(F)ccc3F)nc2[C@H](N(CCCN)C(=O)CO)C(C)(C)C)c1. The highest BCUT2D eigenvalue weighted by Crippen LogP contribution is 2.39.